The smallest absolute Gasteiger partial charge is 0.326 e. The number of carboxylic acids is 1. The molecule has 0 radical (unpaired) electrons. The molecule has 11 heteroatoms. The summed E-state index contributed by atoms with van der Waals surface area (Å²) in [4.78, 5) is 58.4. The Bertz CT molecular complexity index is 1270. The molecule has 0 spiro atoms. The van der Waals surface area contributed by atoms with E-state index in [-0.39, 0.29) is 31.6 Å². The number of imidazole rings is 1. The summed E-state index contributed by atoms with van der Waals surface area (Å²) in [5.41, 5.74) is 8.41. The first-order chi connectivity index (χ1) is 19.6. The molecular formula is C30H38N6O5. The second-order valence-electron chi connectivity index (χ2n) is 10.4. The minimum atomic E-state index is -1.23. The molecule has 0 saturated heterocycles. The first kappa shape index (κ1) is 31.0. The highest BCUT2D eigenvalue weighted by atomic mass is 16.4. The average Bonchev–Trinajstić information content (AvgIpc) is 3.46. The van der Waals surface area contributed by atoms with Crippen molar-refractivity contribution in [2.45, 2.75) is 63.7 Å². The predicted molar refractivity (Wildman–Crippen MR) is 153 cm³/mol. The van der Waals surface area contributed by atoms with E-state index in [2.05, 4.69) is 25.9 Å². The maximum Gasteiger partial charge on any atom is 0.326 e. The Hall–Kier alpha value is -4.51. The van der Waals surface area contributed by atoms with Gasteiger partial charge in [-0.3, -0.25) is 14.4 Å². The van der Waals surface area contributed by atoms with Crippen molar-refractivity contribution in [3.05, 3.63) is 90.0 Å². The number of hydrogen-bond donors (Lipinski definition) is 6. The Morgan fingerprint density at radius 3 is 1.85 bits per heavy atom. The van der Waals surface area contributed by atoms with Gasteiger partial charge in [-0.25, -0.2) is 9.78 Å². The minimum absolute atomic E-state index is 0.00314. The number of aromatic nitrogens is 2. The molecule has 0 saturated carbocycles. The van der Waals surface area contributed by atoms with Crippen molar-refractivity contribution in [1.82, 2.24) is 25.9 Å². The monoisotopic (exact) mass is 562 g/mol. The van der Waals surface area contributed by atoms with Crippen LogP contribution in [0.1, 0.15) is 37.1 Å². The molecule has 3 rings (SSSR count). The fraction of sp³-hybridized carbons (Fsp3) is 0.367. The van der Waals surface area contributed by atoms with Crippen LogP contribution in [0.5, 0.6) is 0 Å². The first-order valence-corrected chi connectivity index (χ1v) is 13.6. The third-order valence-electron chi connectivity index (χ3n) is 6.48. The number of nitrogens with zero attached hydrogens (tertiary/aromatic N) is 1. The first-order valence-electron chi connectivity index (χ1n) is 13.6. The molecule has 0 fully saturated rings. The Morgan fingerprint density at radius 2 is 1.32 bits per heavy atom. The lowest BCUT2D eigenvalue weighted by Gasteiger charge is -2.26. The standard InChI is InChI=1S/C30H38N6O5/c1-19(2)13-24(28(38)36-26(30(40)41)16-22-17-32-18-33-22)35-29(39)25(15-21-11-7-4-8-12-21)34-27(37)23(31)14-20-9-5-3-6-10-20/h3-12,17-19,23-26H,13-16,31H2,1-2H3,(H,32,33)(H,34,37)(H,35,39)(H,36,38)(H,40,41). The molecule has 0 aliphatic heterocycles. The maximum absolute atomic E-state index is 13.6. The largest absolute Gasteiger partial charge is 0.480 e. The summed E-state index contributed by atoms with van der Waals surface area (Å²) in [6.45, 7) is 3.77. The molecule has 11 nitrogen and oxygen atoms in total. The quantitative estimate of drug-likeness (QED) is 0.162. The van der Waals surface area contributed by atoms with Crippen molar-refractivity contribution in [2.75, 3.05) is 0 Å². The van der Waals surface area contributed by atoms with Crippen LogP contribution in [-0.2, 0) is 38.4 Å². The van der Waals surface area contributed by atoms with E-state index in [4.69, 9.17) is 5.73 Å². The molecule has 0 bridgehead atoms. The van der Waals surface area contributed by atoms with Crippen LogP contribution >= 0.6 is 0 Å². The summed E-state index contributed by atoms with van der Waals surface area (Å²) in [6, 6.07) is 14.3. The molecule has 7 N–H and O–H groups in total. The van der Waals surface area contributed by atoms with Crippen LogP contribution in [0.15, 0.2) is 73.2 Å². The number of carbonyl (C=O) groups excluding carboxylic acids is 3. The molecule has 1 heterocycles. The second kappa shape index (κ2) is 15.3. The molecule has 4 unspecified atom stereocenters. The van der Waals surface area contributed by atoms with E-state index < -0.39 is 47.9 Å². The van der Waals surface area contributed by atoms with Gasteiger partial charge in [0.15, 0.2) is 0 Å². The molecule has 218 valence electrons. The fourth-order valence-electron chi connectivity index (χ4n) is 4.36. The van der Waals surface area contributed by atoms with Crippen LogP contribution in [0.4, 0.5) is 0 Å². The summed E-state index contributed by atoms with van der Waals surface area (Å²) >= 11 is 0. The van der Waals surface area contributed by atoms with E-state index in [0.29, 0.717) is 5.69 Å². The number of carboxylic acid groups (broad SMARTS) is 1. The number of nitrogens with one attached hydrogen (secondary N) is 4. The van der Waals surface area contributed by atoms with Gasteiger partial charge >= 0.3 is 5.97 Å². The SMILES string of the molecule is CC(C)CC(NC(=O)C(Cc1ccccc1)NC(=O)C(N)Cc1ccccc1)C(=O)NC(Cc1cnc[nH]1)C(=O)O. The van der Waals surface area contributed by atoms with E-state index in [9.17, 15) is 24.3 Å². The van der Waals surface area contributed by atoms with Crippen molar-refractivity contribution < 1.29 is 24.3 Å². The lowest BCUT2D eigenvalue weighted by Crippen LogP contribution is -2.58. The number of nitrogens with two attached hydrogens (primary N) is 1. The van der Waals surface area contributed by atoms with Crippen LogP contribution in [0.3, 0.4) is 0 Å². The number of H-pyrrole nitrogens is 1. The number of rotatable bonds is 15. The van der Waals surface area contributed by atoms with Crippen molar-refractivity contribution in [1.29, 1.82) is 0 Å². The molecule has 0 aliphatic rings. The van der Waals surface area contributed by atoms with Crippen LogP contribution in [0.2, 0.25) is 0 Å². The summed E-state index contributed by atoms with van der Waals surface area (Å²) in [5, 5.41) is 17.7. The van der Waals surface area contributed by atoms with Gasteiger partial charge in [0.2, 0.25) is 17.7 Å². The van der Waals surface area contributed by atoms with Gasteiger partial charge in [-0.1, -0.05) is 74.5 Å². The normalized spacial score (nSPS) is 14.0. The number of aliphatic carboxylic acids is 1. The van der Waals surface area contributed by atoms with Crippen molar-refractivity contribution >= 4 is 23.7 Å². The summed E-state index contributed by atoms with van der Waals surface area (Å²) in [5.74, 6) is -2.92. The number of benzene rings is 2. The third-order valence-corrected chi connectivity index (χ3v) is 6.48. The number of aromatic amines is 1. The van der Waals surface area contributed by atoms with Gasteiger partial charge in [-0.15, -0.1) is 0 Å². The molecular weight excluding hydrogens is 524 g/mol. The summed E-state index contributed by atoms with van der Waals surface area (Å²) in [6.07, 6.45) is 3.62. The van der Waals surface area contributed by atoms with Gasteiger partial charge in [0.1, 0.15) is 18.1 Å². The molecule has 4 atom stereocenters. The van der Waals surface area contributed by atoms with Gasteiger partial charge in [0.25, 0.3) is 0 Å². The molecule has 3 aromatic rings. The van der Waals surface area contributed by atoms with E-state index in [1.807, 2.05) is 74.5 Å². The van der Waals surface area contributed by atoms with E-state index in [1.54, 1.807) is 0 Å². The van der Waals surface area contributed by atoms with Crippen LogP contribution in [0, 0.1) is 5.92 Å². The Labute approximate surface area is 239 Å². The highest BCUT2D eigenvalue weighted by molar-refractivity contribution is 5.94. The zero-order valence-corrected chi connectivity index (χ0v) is 23.2. The van der Waals surface area contributed by atoms with Crippen LogP contribution in [0.25, 0.3) is 0 Å². The highest BCUT2D eigenvalue weighted by Gasteiger charge is 2.31. The van der Waals surface area contributed by atoms with E-state index in [0.717, 1.165) is 11.1 Å². The second-order valence-corrected chi connectivity index (χ2v) is 10.4. The van der Waals surface area contributed by atoms with Crippen molar-refractivity contribution in [2.24, 2.45) is 11.7 Å². The Kier molecular flexibility index (Phi) is 11.6. The maximum atomic E-state index is 13.6. The van der Waals surface area contributed by atoms with Gasteiger partial charge in [-0.2, -0.15) is 0 Å². The van der Waals surface area contributed by atoms with Crippen LogP contribution in [-0.4, -0.2) is 62.9 Å². The summed E-state index contributed by atoms with van der Waals surface area (Å²) in [7, 11) is 0. The molecule has 2 aromatic carbocycles. The Balaban J connectivity index is 1.75. The van der Waals surface area contributed by atoms with Crippen LogP contribution < -0.4 is 21.7 Å². The Morgan fingerprint density at radius 1 is 0.780 bits per heavy atom. The van der Waals surface area contributed by atoms with Gasteiger partial charge < -0.3 is 31.8 Å². The fourth-order valence-corrected chi connectivity index (χ4v) is 4.36. The van der Waals surface area contributed by atoms with Crippen molar-refractivity contribution in [3.8, 4) is 0 Å². The van der Waals surface area contributed by atoms with Crippen molar-refractivity contribution in [3.63, 3.8) is 0 Å². The lowest BCUT2D eigenvalue weighted by molar-refractivity contribution is -0.142. The molecule has 41 heavy (non-hydrogen) atoms. The minimum Gasteiger partial charge on any atom is -0.480 e. The van der Waals surface area contributed by atoms with Gasteiger partial charge in [0.05, 0.1) is 12.4 Å². The number of carbonyl (C=O) groups is 4. The summed E-state index contributed by atoms with van der Waals surface area (Å²) < 4.78 is 0. The topological polar surface area (TPSA) is 179 Å². The number of amides is 3. The van der Waals surface area contributed by atoms with Gasteiger partial charge in [-0.05, 0) is 29.9 Å². The zero-order chi connectivity index (χ0) is 29.8. The van der Waals surface area contributed by atoms with E-state index >= 15 is 0 Å². The highest BCUT2D eigenvalue weighted by Crippen LogP contribution is 2.10. The average molecular weight is 563 g/mol. The molecule has 0 aliphatic carbocycles. The lowest BCUT2D eigenvalue weighted by atomic mass is 10.00. The molecule has 1 aromatic heterocycles. The van der Waals surface area contributed by atoms with Gasteiger partial charge in [0, 0.05) is 24.7 Å². The zero-order valence-electron chi connectivity index (χ0n) is 23.2. The third kappa shape index (κ3) is 10.2. The predicted octanol–water partition coefficient (Wildman–Crippen LogP) is 1.35. The number of hydrogen-bond acceptors (Lipinski definition) is 6. The molecule has 3 amide bonds. The van der Waals surface area contributed by atoms with E-state index in [1.165, 1.54) is 12.5 Å².